The number of phenolic OH excluding ortho intramolecular Hbond substituents is 3. The van der Waals surface area contributed by atoms with Gasteiger partial charge in [0.1, 0.15) is 35.2 Å². The summed E-state index contributed by atoms with van der Waals surface area (Å²) in [5.41, 5.74) is -0.804. The molecule has 4 rings (SSSR count). The Labute approximate surface area is 207 Å². The predicted octanol–water partition coefficient (Wildman–Crippen LogP) is 2.55. The van der Waals surface area contributed by atoms with Gasteiger partial charge in [-0.2, -0.15) is 0 Å². The monoisotopic (exact) mass is 509 g/mol. The second kappa shape index (κ2) is 10.6. The van der Waals surface area contributed by atoms with Gasteiger partial charge in [0.25, 0.3) is 0 Å². The first-order valence-corrected chi connectivity index (χ1v) is 10.9. The molecular formula is C24H28ClNO9. The van der Waals surface area contributed by atoms with E-state index in [9.17, 15) is 30.3 Å². The Kier molecular flexibility index (Phi) is 8.01. The van der Waals surface area contributed by atoms with Gasteiger partial charge < -0.3 is 39.4 Å². The summed E-state index contributed by atoms with van der Waals surface area (Å²) in [6.07, 6.45) is -0.713. The fourth-order valence-electron chi connectivity index (χ4n) is 4.21. The number of aromatic hydroxyl groups is 4. The average Bonchev–Trinajstić information content (AvgIpc) is 2.74. The van der Waals surface area contributed by atoms with Crippen molar-refractivity contribution in [1.29, 1.82) is 0 Å². The number of benzene rings is 2. The molecule has 1 aliphatic heterocycles. The zero-order valence-electron chi connectivity index (χ0n) is 19.2. The number of β-amino-alcohol motifs (C(OH)–C–C–N with tert-alkyl or cyclic N) is 1. The van der Waals surface area contributed by atoms with Gasteiger partial charge in [-0.15, -0.1) is 12.4 Å². The lowest BCUT2D eigenvalue weighted by molar-refractivity contribution is -0.0787. The summed E-state index contributed by atoms with van der Waals surface area (Å²) in [5.74, 6) is -2.02. The number of aliphatic hydroxyl groups is 1. The van der Waals surface area contributed by atoms with Crippen molar-refractivity contribution in [3.8, 4) is 40.1 Å². The molecule has 3 aromatic rings. The molecule has 0 amide bonds. The number of ether oxygens (including phenoxy) is 2. The van der Waals surface area contributed by atoms with Gasteiger partial charge >= 0.3 is 0 Å². The molecule has 35 heavy (non-hydrogen) atoms. The van der Waals surface area contributed by atoms with Gasteiger partial charge in [0.2, 0.25) is 11.2 Å². The maximum absolute atomic E-state index is 12.6. The molecule has 0 radical (unpaired) electrons. The van der Waals surface area contributed by atoms with Crippen LogP contribution in [0, 0.1) is 0 Å². The standard InChI is InChI=1S/C24H27NO9.ClH/c1-12-8-25(9-13(2)33-12)10-16(27)11-32-19-5-14(3-4-17(19)28)24-23(31)22(30)21-18(29)6-15(26)7-20(21)34-24;/h3-7,12-13,16,26-29,31H,8-11H2,1-2H3;1H/t12-,13+,16?;. The summed E-state index contributed by atoms with van der Waals surface area (Å²) in [6, 6.07) is 6.16. The van der Waals surface area contributed by atoms with Crippen LogP contribution in [0.2, 0.25) is 0 Å². The zero-order valence-corrected chi connectivity index (χ0v) is 20.0. The summed E-state index contributed by atoms with van der Waals surface area (Å²) in [4.78, 5) is 14.7. The minimum atomic E-state index is -0.881. The first-order chi connectivity index (χ1) is 16.1. The molecule has 0 aliphatic carbocycles. The van der Waals surface area contributed by atoms with Crippen LogP contribution in [-0.2, 0) is 4.74 Å². The number of morpholine rings is 1. The van der Waals surface area contributed by atoms with Gasteiger partial charge in [0.15, 0.2) is 17.3 Å². The van der Waals surface area contributed by atoms with E-state index in [0.29, 0.717) is 19.6 Å². The number of rotatable bonds is 6. The summed E-state index contributed by atoms with van der Waals surface area (Å²) in [7, 11) is 0. The van der Waals surface area contributed by atoms with Crippen molar-refractivity contribution in [3.05, 3.63) is 40.6 Å². The molecule has 2 heterocycles. The van der Waals surface area contributed by atoms with E-state index in [1.165, 1.54) is 18.2 Å². The molecule has 11 heteroatoms. The second-order valence-electron chi connectivity index (χ2n) is 8.57. The highest BCUT2D eigenvalue weighted by Crippen LogP contribution is 2.38. The molecular weight excluding hydrogens is 482 g/mol. The number of fused-ring (bicyclic) bond motifs is 1. The van der Waals surface area contributed by atoms with Crippen LogP contribution in [-0.4, -0.2) is 75.0 Å². The van der Waals surface area contributed by atoms with E-state index < -0.39 is 23.0 Å². The van der Waals surface area contributed by atoms with Crippen molar-refractivity contribution >= 4 is 23.4 Å². The van der Waals surface area contributed by atoms with Crippen molar-refractivity contribution in [2.24, 2.45) is 0 Å². The Balaban J connectivity index is 0.00000342. The summed E-state index contributed by atoms with van der Waals surface area (Å²) >= 11 is 0. The van der Waals surface area contributed by atoms with E-state index in [2.05, 4.69) is 4.90 Å². The number of hydrogen-bond donors (Lipinski definition) is 5. The van der Waals surface area contributed by atoms with E-state index >= 15 is 0 Å². The summed E-state index contributed by atoms with van der Waals surface area (Å²) < 4.78 is 16.9. The molecule has 190 valence electrons. The van der Waals surface area contributed by atoms with Crippen LogP contribution in [0.1, 0.15) is 13.8 Å². The smallest absolute Gasteiger partial charge is 0.238 e. The van der Waals surface area contributed by atoms with Gasteiger partial charge in [0.05, 0.1) is 12.2 Å². The number of halogens is 1. The van der Waals surface area contributed by atoms with Crippen LogP contribution in [0.5, 0.6) is 28.7 Å². The average molecular weight is 510 g/mol. The van der Waals surface area contributed by atoms with Crippen LogP contribution < -0.4 is 10.2 Å². The van der Waals surface area contributed by atoms with Crippen LogP contribution in [0.3, 0.4) is 0 Å². The SMILES string of the molecule is C[C@@H]1CN(CC(O)COc2cc(-c3oc4cc(O)cc(O)c4c(=O)c3O)ccc2O)C[C@H](C)O1.Cl. The molecule has 1 aromatic heterocycles. The number of hydrogen-bond acceptors (Lipinski definition) is 10. The van der Waals surface area contributed by atoms with E-state index in [1.807, 2.05) is 13.8 Å². The fraction of sp³-hybridized carbons (Fsp3) is 0.375. The molecule has 5 N–H and O–H groups in total. The van der Waals surface area contributed by atoms with Crippen molar-refractivity contribution in [2.75, 3.05) is 26.2 Å². The van der Waals surface area contributed by atoms with Crippen molar-refractivity contribution in [1.82, 2.24) is 4.90 Å². The fourth-order valence-corrected chi connectivity index (χ4v) is 4.21. The molecule has 10 nitrogen and oxygen atoms in total. The Morgan fingerprint density at radius 1 is 1.06 bits per heavy atom. The molecule has 0 bridgehead atoms. The summed E-state index contributed by atoms with van der Waals surface area (Å²) in [5, 5.41) is 50.4. The molecule has 1 saturated heterocycles. The molecule has 1 unspecified atom stereocenters. The third-order valence-corrected chi connectivity index (χ3v) is 5.55. The Bertz CT molecular complexity index is 1250. The van der Waals surface area contributed by atoms with Gasteiger partial charge in [-0.25, -0.2) is 0 Å². The molecule has 0 saturated carbocycles. The van der Waals surface area contributed by atoms with Gasteiger partial charge in [-0.3, -0.25) is 9.69 Å². The highest BCUT2D eigenvalue weighted by Gasteiger charge is 2.24. The van der Waals surface area contributed by atoms with Crippen molar-refractivity contribution < 1.29 is 39.4 Å². The highest BCUT2D eigenvalue weighted by atomic mass is 35.5. The first kappa shape index (κ1) is 26.4. The van der Waals surface area contributed by atoms with Gasteiger partial charge in [-0.1, -0.05) is 0 Å². The minimum absolute atomic E-state index is 0. The largest absolute Gasteiger partial charge is 0.508 e. The topological polar surface area (TPSA) is 153 Å². The van der Waals surface area contributed by atoms with E-state index in [4.69, 9.17) is 13.9 Å². The maximum atomic E-state index is 12.6. The molecule has 2 aromatic carbocycles. The van der Waals surface area contributed by atoms with Gasteiger partial charge in [-0.05, 0) is 32.0 Å². The van der Waals surface area contributed by atoms with Crippen molar-refractivity contribution in [2.45, 2.75) is 32.2 Å². The Morgan fingerprint density at radius 2 is 1.74 bits per heavy atom. The summed E-state index contributed by atoms with van der Waals surface area (Å²) in [6.45, 7) is 5.58. The van der Waals surface area contributed by atoms with Crippen LogP contribution >= 0.6 is 12.4 Å². The second-order valence-corrected chi connectivity index (χ2v) is 8.57. The first-order valence-electron chi connectivity index (χ1n) is 10.9. The Morgan fingerprint density at radius 3 is 2.43 bits per heavy atom. The molecule has 1 fully saturated rings. The third kappa shape index (κ3) is 5.73. The van der Waals surface area contributed by atoms with E-state index in [0.717, 1.165) is 12.1 Å². The normalized spacial score (nSPS) is 19.3. The lowest BCUT2D eigenvalue weighted by atomic mass is 10.1. The molecule has 3 atom stereocenters. The number of nitrogens with zero attached hydrogens (tertiary/aromatic N) is 1. The molecule has 1 aliphatic rings. The molecule has 0 spiro atoms. The third-order valence-electron chi connectivity index (χ3n) is 5.55. The minimum Gasteiger partial charge on any atom is -0.508 e. The maximum Gasteiger partial charge on any atom is 0.238 e. The van der Waals surface area contributed by atoms with Crippen molar-refractivity contribution in [3.63, 3.8) is 0 Å². The predicted molar refractivity (Wildman–Crippen MR) is 130 cm³/mol. The quantitative estimate of drug-likeness (QED) is 0.335. The lowest BCUT2D eigenvalue weighted by Gasteiger charge is -2.36. The zero-order chi connectivity index (χ0) is 24.6. The Hall–Kier alpha value is -3.18. The number of phenols is 3. The van der Waals surface area contributed by atoms with Crippen LogP contribution in [0.4, 0.5) is 0 Å². The highest BCUT2D eigenvalue weighted by molar-refractivity contribution is 5.88. The van der Waals surface area contributed by atoms with E-state index in [1.54, 1.807) is 0 Å². The lowest BCUT2D eigenvalue weighted by Crippen LogP contribution is -2.48. The van der Waals surface area contributed by atoms with Crippen LogP contribution in [0.15, 0.2) is 39.5 Å². The van der Waals surface area contributed by atoms with E-state index in [-0.39, 0.29) is 70.8 Å². The van der Waals surface area contributed by atoms with Gasteiger partial charge in [0, 0.05) is 37.3 Å². The van der Waals surface area contributed by atoms with Crippen LogP contribution in [0.25, 0.3) is 22.3 Å². The number of aliphatic hydroxyl groups excluding tert-OH is 1.